The Morgan fingerprint density at radius 2 is 2.12 bits per heavy atom. The first-order chi connectivity index (χ1) is 8.20. The predicted molar refractivity (Wildman–Crippen MR) is 64.4 cm³/mol. The highest BCUT2D eigenvalue weighted by atomic mass is 16.5. The quantitative estimate of drug-likeness (QED) is 0.786. The number of carboxylic acids is 1. The van der Waals surface area contributed by atoms with Gasteiger partial charge in [0.1, 0.15) is 5.75 Å². The van der Waals surface area contributed by atoms with E-state index in [-0.39, 0.29) is 0 Å². The molecule has 17 heavy (non-hydrogen) atoms. The Hall–Kier alpha value is -1.55. The van der Waals surface area contributed by atoms with Crippen LogP contribution in [0, 0.1) is 0 Å². The minimum atomic E-state index is -0.789. The van der Waals surface area contributed by atoms with Crippen LogP contribution in [0.15, 0.2) is 24.3 Å². The third-order valence-corrected chi connectivity index (χ3v) is 3.00. The number of hydrogen-bond acceptors (Lipinski definition) is 3. The van der Waals surface area contributed by atoms with Crippen molar-refractivity contribution in [2.24, 2.45) is 0 Å². The molecule has 92 valence electrons. The molecule has 1 fully saturated rings. The summed E-state index contributed by atoms with van der Waals surface area (Å²) in [5.74, 6) is -0.530. The number of aliphatic carboxylic acids is 1. The minimum Gasteiger partial charge on any atom is -0.497 e. The summed E-state index contributed by atoms with van der Waals surface area (Å²) in [5, 5.41) is 12.5. The lowest BCUT2D eigenvalue weighted by Crippen LogP contribution is -2.28. The molecule has 2 rings (SSSR count). The Labute approximate surface area is 101 Å². The molecule has 0 bridgehead atoms. The van der Waals surface area contributed by atoms with E-state index >= 15 is 0 Å². The lowest BCUT2D eigenvalue weighted by Gasteiger charge is -2.13. The molecule has 0 radical (unpaired) electrons. The van der Waals surface area contributed by atoms with Crippen LogP contribution in [-0.4, -0.2) is 30.8 Å². The maximum atomic E-state index is 11.2. The molecule has 0 amide bonds. The minimum absolute atomic E-state index is 0.485. The number of carbonyl (C=O) groups is 1. The Kier molecular flexibility index (Phi) is 3.64. The van der Waals surface area contributed by atoms with E-state index in [1.54, 1.807) is 19.2 Å². The van der Waals surface area contributed by atoms with Crippen molar-refractivity contribution in [3.63, 3.8) is 0 Å². The van der Waals surface area contributed by atoms with Crippen molar-refractivity contribution in [1.82, 2.24) is 5.32 Å². The van der Waals surface area contributed by atoms with Crippen LogP contribution in [0.2, 0.25) is 0 Å². The second-order valence-electron chi connectivity index (χ2n) is 4.35. The molecule has 1 aromatic carbocycles. The van der Waals surface area contributed by atoms with Gasteiger partial charge in [0.15, 0.2) is 0 Å². The standard InChI is InChI=1S/C13H17NO3/c1-17-11-6-2-9(3-7-11)12(13(15)16)8-14-10-4-5-10/h2-3,6-7,10,12,14H,4-5,8H2,1H3,(H,15,16). The van der Waals surface area contributed by atoms with E-state index in [9.17, 15) is 9.90 Å². The van der Waals surface area contributed by atoms with E-state index in [0.29, 0.717) is 12.6 Å². The van der Waals surface area contributed by atoms with E-state index in [1.165, 1.54) is 0 Å². The van der Waals surface area contributed by atoms with Crippen molar-refractivity contribution in [2.75, 3.05) is 13.7 Å². The summed E-state index contributed by atoms with van der Waals surface area (Å²) in [4.78, 5) is 11.2. The second-order valence-corrected chi connectivity index (χ2v) is 4.35. The fourth-order valence-corrected chi connectivity index (χ4v) is 1.76. The van der Waals surface area contributed by atoms with Crippen LogP contribution in [0.4, 0.5) is 0 Å². The summed E-state index contributed by atoms with van der Waals surface area (Å²) in [7, 11) is 1.60. The summed E-state index contributed by atoms with van der Waals surface area (Å²) in [6, 6.07) is 7.73. The molecule has 4 nitrogen and oxygen atoms in total. The number of rotatable bonds is 6. The molecule has 1 unspecified atom stereocenters. The number of hydrogen-bond donors (Lipinski definition) is 2. The highest BCUT2D eigenvalue weighted by Crippen LogP contribution is 2.23. The molecule has 0 aromatic heterocycles. The summed E-state index contributed by atoms with van der Waals surface area (Å²) >= 11 is 0. The van der Waals surface area contributed by atoms with Gasteiger partial charge in [-0.15, -0.1) is 0 Å². The van der Waals surface area contributed by atoms with Gasteiger partial charge in [-0.3, -0.25) is 4.79 Å². The zero-order chi connectivity index (χ0) is 12.3. The van der Waals surface area contributed by atoms with Crippen LogP contribution < -0.4 is 10.1 Å². The zero-order valence-electron chi connectivity index (χ0n) is 9.85. The molecule has 1 atom stereocenters. The van der Waals surface area contributed by atoms with Gasteiger partial charge in [-0.1, -0.05) is 12.1 Å². The molecule has 4 heteroatoms. The fourth-order valence-electron chi connectivity index (χ4n) is 1.76. The van der Waals surface area contributed by atoms with Gasteiger partial charge in [0.2, 0.25) is 0 Å². The maximum Gasteiger partial charge on any atom is 0.312 e. The monoisotopic (exact) mass is 235 g/mol. The van der Waals surface area contributed by atoms with E-state index in [2.05, 4.69) is 5.32 Å². The Balaban J connectivity index is 2.04. The molecule has 0 aliphatic heterocycles. The van der Waals surface area contributed by atoms with Gasteiger partial charge >= 0.3 is 5.97 Å². The van der Waals surface area contributed by atoms with Gasteiger partial charge in [-0.05, 0) is 30.5 Å². The smallest absolute Gasteiger partial charge is 0.312 e. The van der Waals surface area contributed by atoms with Crippen molar-refractivity contribution in [2.45, 2.75) is 24.8 Å². The van der Waals surface area contributed by atoms with Gasteiger partial charge < -0.3 is 15.2 Å². The lowest BCUT2D eigenvalue weighted by atomic mass is 9.99. The summed E-state index contributed by atoms with van der Waals surface area (Å²) < 4.78 is 5.05. The molecular weight excluding hydrogens is 218 g/mol. The molecule has 1 aromatic rings. The Morgan fingerprint density at radius 1 is 1.47 bits per heavy atom. The van der Waals surface area contributed by atoms with E-state index < -0.39 is 11.9 Å². The SMILES string of the molecule is COc1ccc(C(CNC2CC2)C(=O)O)cc1. The summed E-state index contributed by atoms with van der Waals surface area (Å²) in [5.41, 5.74) is 0.812. The van der Waals surface area contributed by atoms with Gasteiger partial charge in [-0.25, -0.2) is 0 Å². The van der Waals surface area contributed by atoms with Crippen molar-refractivity contribution in [1.29, 1.82) is 0 Å². The third kappa shape index (κ3) is 3.20. The molecule has 0 spiro atoms. The van der Waals surface area contributed by atoms with Crippen molar-refractivity contribution < 1.29 is 14.6 Å². The number of ether oxygens (including phenoxy) is 1. The van der Waals surface area contributed by atoms with Crippen LogP contribution >= 0.6 is 0 Å². The van der Waals surface area contributed by atoms with Crippen LogP contribution in [0.3, 0.4) is 0 Å². The van der Waals surface area contributed by atoms with Gasteiger partial charge in [0, 0.05) is 12.6 Å². The molecule has 2 N–H and O–H groups in total. The first kappa shape index (κ1) is 11.9. The van der Waals surface area contributed by atoms with Gasteiger partial charge in [-0.2, -0.15) is 0 Å². The van der Waals surface area contributed by atoms with Gasteiger partial charge in [0.25, 0.3) is 0 Å². The molecule has 1 aliphatic rings. The lowest BCUT2D eigenvalue weighted by molar-refractivity contribution is -0.138. The first-order valence-electron chi connectivity index (χ1n) is 5.81. The zero-order valence-corrected chi connectivity index (χ0v) is 9.85. The summed E-state index contributed by atoms with van der Waals surface area (Å²) in [6.45, 7) is 0.492. The largest absolute Gasteiger partial charge is 0.497 e. The molecule has 0 heterocycles. The average molecular weight is 235 g/mol. The maximum absolute atomic E-state index is 11.2. The second kappa shape index (κ2) is 5.19. The van der Waals surface area contributed by atoms with Crippen LogP contribution in [0.25, 0.3) is 0 Å². The number of methoxy groups -OCH3 is 1. The average Bonchev–Trinajstić information content (AvgIpc) is 3.14. The fraction of sp³-hybridized carbons (Fsp3) is 0.462. The van der Waals surface area contributed by atoms with Crippen LogP contribution in [0.5, 0.6) is 5.75 Å². The van der Waals surface area contributed by atoms with Crippen molar-refractivity contribution in [3.05, 3.63) is 29.8 Å². The van der Waals surface area contributed by atoms with Gasteiger partial charge in [0.05, 0.1) is 13.0 Å². The number of benzene rings is 1. The molecular formula is C13H17NO3. The summed E-state index contributed by atoms with van der Waals surface area (Å²) in [6.07, 6.45) is 2.32. The highest BCUT2D eigenvalue weighted by molar-refractivity contribution is 5.76. The van der Waals surface area contributed by atoms with E-state index in [0.717, 1.165) is 24.2 Å². The van der Waals surface area contributed by atoms with E-state index in [4.69, 9.17) is 4.74 Å². The van der Waals surface area contributed by atoms with Crippen LogP contribution in [-0.2, 0) is 4.79 Å². The predicted octanol–water partition coefficient (Wildman–Crippen LogP) is 1.62. The number of nitrogens with one attached hydrogen (secondary N) is 1. The van der Waals surface area contributed by atoms with Crippen molar-refractivity contribution >= 4 is 5.97 Å². The molecule has 1 aliphatic carbocycles. The van der Waals surface area contributed by atoms with Crippen molar-refractivity contribution in [3.8, 4) is 5.75 Å². The normalized spacial score (nSPS) is 16.5. The number of carboxylic acid groups (broad SMARTS) is 1. The molecule has 0 saturated heterocycles. The Morgan fingerprint density at radius 3 is 2.59 bits per heavy atom. The Bertz CT molecular complexity index is 384. The van der Waals surface area contributed by atoms with E-state index in [1.807, 2.05) is 12.1 Å². The molecule has 1 saturated carbocycles. The topological polar surface area (TPSA) is 58.6 Å². The first-order valence-corrected chi connectivity index (χ1v) is 5.81. The van der Waals surface area contributed by atoms with Crippen LogP contribution in [0.1, 0.15) is 24.3 Å². The highest BCUT2D eigenvalue weighted by Gasteiger charge is 2.25. The third-order valence-electron chi connectivity index (χ3n) is 3.00.